The summed E-state index contributed by atoms with van der Waals surface area (Å²) in [7, 11) is 0. The van der Waals surface area contributed by atoms with Crippen LogP contribution in [-0.4, -0.2) is 42.6 Å². The number of ether oxygens (including phenoxy) is 1. The minimum absolute atomic E-state index is 0.00572. The van der Waals surface area contributed by atoms with Crippen molar-refractivity contribution >= 4 is 35.0 Å². The van der Waals surface area contributed by atoms with E-state index in [0.29, 0.717) is 32.5 Å². The second kappa shape index (κ2) is 9.75. The number of nitrogens with one attached hydrogen (secondary N) is 2. The summed E-state index contributed by atoms with van der Waals surface area (Å²) in [6, 6.07) is 7.85. The van der Waals surface area contributed by atoms with Crippen molar-refractivity contribution in [3.05, 3.63) is 58.6 Å². The number of anilines is 2. The number of nitrogens with zero attached hydrogens (tertiary/aromatic N) is 1. The molecule has 0 atom stereocenters. The van der Waals surface area contributed by atoms with Crippen LogP contribution in [0.25, 0.3) is 0 Å². The minimum atomic E-state index is -0.721. The van der Waals surface area contributed by atoms with Crippen LogP contribution in [0.4, 0.5) is 25.0 Å². The van der Waals surface area contributed by atoms with Gasteiger partial charge in [-0.2, -0.15) is 0 Å². The maximum atomic E-state index is 14.5. The van der Waals surface area contributed by atoms with Crippen LogP contribution in [0.5, 0.6) is 0 Å². The van der Waals surface area contributed by atoms with Gasteiger partial charge in [0.25, 0.3) is 5.91 Å². The second-order valence-electron chi connectivity index (χ2n) is 6.88. The molecule has 1 heterocycles. The molecule has 1 saturated heterocycles. The fraction of sp³-hybridized carbons (Fsp3) is 0.333. The number of amides is 2. The molecule has 0 unspecified atom stereocenters. The molecule has 0 saturated carbocycles. The van der Waals surface area contributed by atoms with E-state index in [1.165, 1.54) is 24.3 Å². The van der Waals surface area contributed by atoms with Crippen molar-refractivity contribution < 1.29 is 23.1 Å². The van der Waals surface area contributed by atoms with Crippen molar-refractivity contribution in [2.24, 2.45) is 0 Å². The van der Waals surface area contributed by atoms with Gasteiger partial charge in [0, 0.05) is 29.8 Å². The van der Waals surface area contributed by atoms with E-state index in [9.17, 15) is 18.4 Å². The Balaban J connectivity index is 1.59. The third kappa shape index (κ3) is 5.38. The van der Waals surface area contributed by atoms with E-state index in [1.807, 2.05) is 0 Å². The largest absolute Gasteiger partial charge is 0.450 e. The SMILES string of the molecule is CCOC(=O)N1CCC(Nc2ccc(NC(=O)c3cc(Cl)ccc3F)cc2F)CC1. The lowest BCUT2D eigenvalue weighted by atomic mass is 10.0. The number of hydrogen-bond acceptors (Lipinski definition) is 4. The lowest BCUT2D eigenvalue weighted by Crippen LogP contribution is -2.42. The Kier molecular flexibility index (Phi) is 7.10. The van der Waals surface area contributed by atoms with Gasteiger partial charge in [-0.3, -0.25) is 4.79 Å². The first-order valence-electron chi connectivity index (χ1n) is 9.61. The van der Waals surface area contributed by atoms with Gasteiger partial charge in [-0.1, -0.05) is 11.6 Å². The summed E-state index contributed by atoms with van der Waals surface area (Å²) in [5.74, 6) is -1.99. The Morgan fingerprint density at radius 2 is 1.87 bits per heavy atom. The zero-order valence-electron chi connectivity index (χ0n) is 16.4. The maximum Gasteiger partial charge on any atom is 0.409 e. The van der Waals surface area contributed by atoms with Crippen LogP contribution >= 0.6 is 11.6 Å². The van der Waals surface area contributed by atoms with Crippen LogP contribution in [0.3, 0.4) is 0 Å². The van der Waals surface area contributed by atoms with Crippen molar-refractivity contribution in [2.75, 3.05) is 30.3 Å². The number of carbonyl (C=O) groups excluding carboxylic acids is 2. The summed E-state index contributed by atoms with van der Waals surface area (Å²) in [5, 5.41) is 5.81. The van der Waals surface area contributed by atoms with Gasteiger partial charge in [-0.15, -0.1) is 0 Å². The monoisotopic (exact) mass is 437 g/mol. The summed E-state index contributed by atoms with van der Waals surface area (Å²) < 4.78 is 33.3. The highest BCUT2D eigenvalue weighted by Gasteiger charge is 2.24. The van der Waals surface area contributed by atoms with Crippen LogP contribution in [0.2, 0.25) is 5.02 Å². The van der Waals surface area contributed by atoms with Crippen LogP contribution in [0.1, 0.15) is 30.1 Å². The molecule has 2 aromatic carbocycles. The molecule has 9 heteroatoms. The van der Waals surface area contributed by atoms with Crippen molar-refractivity contribution in [2.45, 2.75) is 25.8 Å². The summed E-state index contributed by atoms with van der Waals surface area (Å²) in [4.78, 5) is 25.6. The van der Waals surface area contributed by atoms with Crippen LogP contribution < -0.4 is 10.6 Å². The smallest absolute Gasteiger partial charge is 0.409 e. The molecule has 1 fully saturated rings. The average Bonchev–Trinajstić information content (AvgIpc) is 2.72. The first-order chi connectivity index (χ1) is 14.4. The Bertz CT molecular complexity index is 934. The normalized spacial score (nSPS) is 14.3. The summed E-state index contributed by atoms with van der Waals surface area (Å²) >= 11 is 5.80. The fourth-order valence-electron chi connectivity index (χ4n) is 3.22. The topological polar surface area (TPSA) is 70.7 Å². The zero-order valence-corrected chi connectivity index (χ0v) is 17.1. The first kappa shape index (κ1) is 21.8. The van der Waals surface area contributed by atoms with Crippen molar-refractivity contribution in [3.8, 4) is 0 Å². The maximum absolute atomic E-state index is 14.5. The lowest BCUT2D eigenvalue weighted by Gasteiger charge is -2.32. The van der Waals surface area contributed by atoms with Crippen molar-refractivity contribution in [1.29, 1.82) is 0 Å². The van der Waals surface area contributed by atoms with E-state index >= 15 is 0 Å². The first-order valence-corrected chi connectivity index (χ1v) is 9.99. The number of piperidine rings is 1. The van der Waals surface area contributed by atoms with Crippen LogP contribution in [-0.2, 0) is 4.74 Å². The quantitative estimate of drug-likeness (QED) is 0.697. The second-order valence-corrected chi connectivity index (χ2v) is 7.31. The van der Waals surface area contributed by atoms with Gasteiger partial charge >= 0.3 is 6.09 Å². The van der Waals surface area contributed by atoms with Crippen molar-refractivity contribution in [3.63, 3.8) is 0 Å². The lowest BCUT2D eigenvalue weighted by molar-refractivity contribution is 0.0981. The molecule has 1 aliphatic heterocycles. The molecule has 2 aromatic rings. The van der Waals surface area contributed by atoms with E-state index in [0.717, 1.165) is 12.1 Å². The molecular formula is C21H22ClF2N3O3. The average molecular weight is 438 g/mol. The van der Waals surface area contributed by atoms with Crippen LogP contribution in [0.15, 0.2) is 36.4 Å². The predicted molar refractivity (Wildman–Crippen MR) is 111 cm³/mol. The standard InChI is InChI=1S/C21H22ClF2N3O3/c1-2-30-21(29)27-9-7-14(8-10-27)25-19-6-4-15(12-18(19)24)26-20(28)16-11-13(22)3-5-17(16)23/h3-6,11-12,14,25H,2,7-10H2,1H3,(H,26,28). The predicted octanol–water partition coefficient (Wildman–Crippen LogP) is 4.90. The third-order valence-electron chi connectivity index (χ3n) is 4.78. The molecule has 2 N–H and O–H groups in total. The molecule has 30 heavy (non-hydrogen) atoms. The van der Waals surface area contributed by atoms with Gasteiger partial charge in [-0.05, 0) is 56.2 Å². The Morgan fingerprint density at radius 1 is 1.13 bits per heavy atom. The number of hydrogen-bond donors (Lipinski definition) is 2. The Morgan fingerprint density at radius 3 is 2.53 bits per heavy atom. The van der Waals surface area contributed by atoms with E-state index < -0.39 is 17.5 Å². The number of benzene rings is 2. The number of carbonyl (C=O) groups is 2. The molecule has 160 valence electrons. The zero-order chi connectivity index (χ0) is 21.7. The molecule has 0 spiro atoms. The van der Waals surface area contributed by atoms with E-state index in [-0.39, 0.29) is 34.1 Å². The van der Waals surface area contributed by atoms with E-state index in [1.54, 1.807) is 11.8 Å². The third-order valence-corrected chi connectivity index (χ3v) is 5.02. The van der Waals surface area contributed by atoms with Gasteiger partial charge in [0.2, 0.25) is 0 Å². The molecular weight excluding hydrogens is 416 g/mol. The fourth-order valence-corrected chi connectivity index (χ4v) is 3.39. The molecule has 0 aromatic heterocycles. The van der Waals surface area contributed by atoms with Gasteiger partial charge in [0.1, 0.15) is 11.6 Å². The highest BCUT2D eigenvalue weighted by molar-refractivity contribution is 6.31. The summed E-state index contributed by atoms with van der Waals surface area (Å²) in [6.07, 6.45) is 0.980. The molecule has 2 amide bonds. The molecule has 6 nitrogen and oxygen atoms in total. The van der Waals surface area contributed by atoms with Gasteiger partial charge in [0.05, 0.1) is 17.9 Å². The highest BCUT2D eigenvalue weighted by atomic mass is 35.5. The van der Waals surface area contributed by atoms with Gasteiger partial charge in [0.15, 0.2) is 0 Å². The molecule has 1 aliphatic rings. The van der Waals surface area contributed by atoms with E-state index in [4.69, 9.17) is 16.3 Å². The summed E-state index contributed by atoms with van der Waals surface area (Å²) in [6.45, 7) is 3.14. The van der Waals surface area contributed by atoms with Crippen LogP contribution in [0, 0.1) is 11.6 Å². The van der Waals surface area contributed by atoms with Gasteiger partial charge < -0.3 is 20.3 Å². The number of likely N-dealkylation sites (tertiary alicyclic amines) is 1. The Labute approximate surface area is 178 Å². The molecule has 0 aliphatic carbocycles. The summed E-state index contributed by atoms with van der Waals surface area (Å²) in [5.41, 5.74) is 0.259. The number of halogens is 3. The molecule has 3 rings (SSSR count). The van der Waals surface area contributed by atoms with Gasteiger partial charge in [-0.25, -0.2) is 13.6 Å². The molecule has 0 radical (unpaired) electrons. The highest BCUT2D eigenvalue weighted by Crippen LogP contribution is 2.24. The Hall–Kier alpha value is -2.87. The molecule has 0 bridgehead atoms. The minimum Gasteiger partial charge on any atom is -0.450 e. The van der Waals surface area contributed by atoms with E-state index in [2.05, 4.69) is 10.6 Å². The van der Waals surface area contributed by atoms with Crippen molar-refractivity contribution in [1.82, 2.24) is 4.90 Å². The number of rotatable bonds is 5.